The average molecular weight is 305 g/mol. The van der Waals surface area contributed by atoms with E-state index in [1.54, 1.807) is 20.8 Å². The second-order valence-electron chi connectivity index (χ2n) is 6.66. The second kappa shape index (κ2) is 6.38. The normalized spacial score (nSPS) is 22.2. The summed E-state index contributed by atoms with van der Waals surface area (Å²) < 4.78 is 5.32. The number of carboxylic acid groups (broad SMARTS) is 1. The first-order chi connectivity index (χ1) is 10.3. The molecule has 22 heavy (non-hydrogen) atoms. The van der Waals surface area contributed by atoms with Crippen molar-refractivity contribution in [2.75, 3.05) is 6.54 Å². The van der Waals surface area contributed by atoms with Crippen molar-refractivity contribution in [3.63, 3.8) is 0 Å². The molecule has 2 atom stereocenters. The van der Waals surface area contributed by atoms with Gasteiger partial charge in [0, 0.05) is 6.54 Å². The fourth-order valence-electron chi connectivity index (χ4n) is 2.77. The van der Waals surface area contributed by atoms with Crippen molar-refractivity contribution in [2.24, 2.45) is 0 Å². The van der Waals surface area contributed by atoms with Crippen molar-refractivity contribution < 1.29 is 19.4 Å². The molecule has 2 rings (SSSR count). The number of carbonyl (C=O) groups is 2. The van der Waals surface area contributed by atoms with Gasteiger partial charge >= 0.3 is 12.1 Å². The van der Waals surface area contributed by atoms with Gasteiger partial charge in [-0.25, -0.2) is 9.59 Å². The molecule has 0 aliphatic carbocycles. The number of aliphatic carboxylic acids is 1. The third kappa shape index (κ3) is 4.00. The lowest BCUT2D eigenvalue weighted by atomic mass is 9.85. The van der Waals surface area contributed by atoms with E-state index in [1.807, 2.05) is 30.3 Å². The number of hydrogen-bond acceptors (Lipinski definition) is 3. The monoisotopic (exact) mass is 305 g/mol. The summed E-state index contributed by atoms with van der Waals surface area (Å²) in [4.78, 5) is 25.1. The van der Waals surface area contributed by atoms with Gasteiger partial charge in [0.05, 0.1) is 0 Å². The molecule has 0 bridgehead atoms. The number of benzene rings is 1. The highest BCUT2D eigenvalue weighted by Crippen LogP contribution is 2.32. The van der Waals surface area contributed by atoms with Gasteiger partial charge in [0.1, 0.15) is 11.6 Å². The van der Waals surface area contributed by atoms with Crippen LogP contribution in [0.2, 0.25) is 0 Å². The zero-order valence-electron chi connectivity index (χ0n) is 13.3. The van der Waals surface area contributed by atoms with E-state index in [1.165, 1.54) is 4.90 Å². The Morgan fingerprint density at radius 2 is 1.86 bits per heavy atom. The highest BCUT2D eigenvalue weighted by atomic mass is 16.6. The number of carbonyl (C=O) groups excluding carboxylic acids is 1. The molecular formula is C17H23NO4. The number of hydrogen-bond donors (Lipinski definition) is 1. The molecule has 0 spiro atoms. The van der Waals surface area contributed by atoms with Crippen LogP contribution in [0.4, 0.5) is 4.79 Å². The molecule has 0 saturated carbocycles. The van der Waals surface area contributed by atoms with Crippen LogP contribution in [0.15, 0.2) is 30.3 Å². The summed E-state index contributed by atoms with van der Waals surface area (Å²) in [6.45, 7) is 5.72. The Hall–Kier alpha value is -2.04. The lowest BCUT2D eigenvalue weighted by Gasteiger charge is -2.38. The van der Waals surface area contributed by atoms with Gasteiger partial charge < -0.3 is 9.84 Å². The minimum Gasteiger partial charge on any atom is -0.480 e. The zero-order valence-corrected chi connectivity index (χ0v) is 13.3. The maximum absolute atomic E-state index is 12.2. The molecule has 120 valence electrons. The summed E-state index contributed by atoms with van der Waals surface area (Å²) in [5.41, 5.74) is 0.494. The molecule has 1 heterocycles. The quantitative estimate of drug-likeness (QED) is 0.910. The molecule has 1 fully saturated rings. The number of nitrogens with zero attached hydrogens (tertiary/aromatic N) is 1. The Kier molecular flexibility index (Phi) is 4.74. The van der Waals surface area contributed by atoms with Crippen molar-refractivity contribution in [2.45, 2.75) is 51.2 Å². The summed E-state index contributed by atoms with van der Waals surface area (Å²) >= 11 is 0. The smallest absolute Gasteiger partial charge is 0.411 e. The lowest BCUT2D eigenvalue weighted by molar-refractivity contribution is -0.144. The highest BCUT2D eigenvalue weighted by Gasteiger charge is 2.38. The second-order valence-corrected chi connectivity index (χ2v) is 6.66. The number of ether oxygens (including phenoxy) is 1. The molecule has 1 saturated heterocycles. The fourth-order valence-corrected chi connectivity index (χ4v) is 2.77. The largest absolute Gasteiger partial charge is 0.480 e. The van der Waals surface area contributed by atoms with E-state index in [9.17, 15) is 14.7 Å². The molecule has 1 aliphatic heterocycles. The van der Waals surface area contributed by atoms with E-state index < -0.39 is 23.7 Å². The molecule has 0 radical (unpaired) electrons. The third-order valence-corrected chi connectivity index (χ3v) is 3.79. The molecule has 1 N–H and O–H groups in total. The molecule has 1 aromatic rings. The van der Waals surface area contributed by atoms with Crippen molar-refractivity contribution in [1.29, 1.82) is 0 Å². The van der Waals surface area contributed by atoms with Crippen molar-refractivity contribution in [3.8, 4) is 0 Å². The Labute approximate surface area is 130 Å². The SMILES string of the molecule is CC(C)(C)OC(=O)N1CC[C@H](c2ccccc2)C[C@@H]1C(=O)O. The molecule has 1 amide bonds. The first kappa shape index (κ1) is 16.3. The van der Waals surface area contributed by atoms with E-state index in [0.29, 0.717) is 13.0 Å². The molecule has 0 aromatic heterocycles. The molecule has 0 unspecified atom stereocenters. The van der Waals surface area contributed by atoms with Gasteiger partial charge in [0.2, 0.25) is 0 Å². The number of amides is 1. The van der Waals surface area contributed by atoms with Crippen molar-refractivity contribution >= 4 is 12.1 Å². The van der Waals surface area contributed by atoms with Crippen LogP contribution in [0.25, 0.3) is 0 Å². The number of rotatable bonds is 2. The molecule has 1 aromatic carbocycles. The van der Waals surface area contributed by atoms with E-state index in [4.69, 9.17) is 4.74 Å². The van der Waals surface area contributed by atoms with Gasteiger partial charge in [-0.1, -0.05) is 30.3 Å². The maximum Gasteiger partial charge on any atom is 0.411 e. The summed E-state index contributed by atoms with van der Waals surface area (Å²) in [7, 11) is 0. The molecule has 5 heteroatoms. The van der Waals surface area contributed by atoms with Gasteiger partial charge in [-0.2, -0.15) is 0 Å². The summed E-state index contributed by atoms with van der Waals surface area (Å²) in [6, 6.07) is 9.01. The van der Waals surface area contributed by atoms with Gasteiger partial charge in [-0.3, -0.25) is 4.90 Å². The number of likely N-dealkylation sites (tertiary alicyclic amines) is 1. The van der Waals surface area contributed by atoms with E-state index in [-0.39, 0.29) is 5.92 Å². The van der Waals surface area contributed by atoms with E-state index in [2.05, 4.69) is 0 Å². The maximum atomic E-state index is 12.2. The van der Waals surface area contributed by atoms with Gasteiger partial charge in [0.15, 0.2) is 0 Å². The summed E-state index contributed by atoms with van der Waals surface area (Å²) in [5.74, 6) is -0.826. The predicted molar refractivity (Wildman–Crippen MR) is 82.8 cm³/mol. The van der Waals surface area contributed by atoms with Crippen LogP contribution in [-0.4, -0.2) is 40.3 Å². The van der Waals surface area contributed by atoms with Crippen LogP contribution in [0, 0.1) is 0 Å². The van der Waals surface area contributed by atoms with Gasteiger partial charge in [0.25, 0.3) is 0 Å². The Balaban J connectivity index is 2.12. The average Bonchev–Trinajstić information content (AvgIpc) is 2.45. The van der Waals surface area contributed by atoms with Crippen LogP contribution in [-0.2, 0) is 9.53 Å². The van der Waals surface area contributed by atoms with Crippen LogP contribution in [0.5, 0.6) is 0 Å². The predicted octanol–water partition coefficient (Wildman–Crippen LogP) is 3.25. The van der Waals surface area contributed by atoms with Gasteiger partial charge in [-0.05, 0) is 45.1 Å². The first-order valence-electron chi connectivity index (χ1n) is 7.55. The lowest BCUT2D eigenvalue weighted by Crippen LogP contribution is -2.51. The highest BCUT2D eigenvalue weighted by molar-refractivity contribution is 5.80. The first-order valence-corrected chi connectivity index (χ1v) is 7.55. The number of piperidine rings is 1. The molecule has 1 aliphatic rings. The summed E-state index contributed by atoms with van der Waals surface area (Å²) in [5, 5.41) is 9.47. The standard InChI is InChI=1S/C17H23NO4/c1-17(2,3)22-16(21)18-10-9-13(11-14(18)15(19)20)12-7-5-4-6-8-12/h4-8,13-14H,9-11H2,1-3H3,(H,19,20)/t13-,14+/m0/s1. The fraction of sp³-hybridized carbons (Fsp3) is 0.529. The minimum atomic E-state index is -0.980. The topological polar surface area (TPSA) is 66.8 Å². The molecular weight excluding hydrogens is 282 g/mol. The number of carboxylic acids is 1. The van der Waals surface area contributed by atoms with E-state index in [0.717, 1.165) is 12.0 Å². The van der Waals surface area contributed by atoms with Crippen molar-refractivity contribution in [3.05, 3.63) is 35.9 Å². The van der Waals surface area contributed by atoms with Gasteiger partial charge in [-0.15, -0.1) is 0 Å². The van der Waals surface area contributed by atoms with E-state index >= 15 is 0 Å². The third-order valence-electron chi connectivity index (χ3n) is 3.79. The molecule has 5 nitrogen and oxygen atoms in total. The minimum absolute atomic E-state index is 0.154. The van der Waals surface area contributed by atoms with Crippen molar-refractivity contribution in [1.82, 2.24) is 4.90 Å². The zero-order chi connectivity index (χ0) is 16.3. The Morgan fingerprint density at radius 3 is 2.41 bits per heavy atom. The summed E-state index contributed by atoms with van der Waals surface area (Å²) in [6.07, 6.45) is 0.609. The van der Waals surface area contributed by atoms with Crippen LogP contribution >= 0.6 is 0 Å². The van der Waals surface area contributed by atoms with Crippen LogP contribution < -0.4 is 0 Å². The van der Waals surface area contributed by atoms with Crippen LogP contribution in [0.3, 0.4) is 0 Å². The Morgan fingerprint density at radius 1 is 1.23 bits per heavy atom. The van der Waals surface area contributed by atoms with Crippen LogP contribution in [0.1, 0.15) is 45.1 Å². The Bertz CT molecular complexity index is 535.